The Morgan fingerprint density at radius 1 is 1.26 bits per heavy atom. The Kier molecular flexibility index (Phi) is 3.81. The van der Waals surface area contributed by atoms with Crippen molar-refractivity contribution in [1.29, 1.82) is 0 Å². The van der Waals surface area contributed by atoms with E-state index in [0.29, 0.717) is 4.77 Å². The van der Waals surface area contributed by atoms with Gasteiger partial charge in [-0.15, -0.1) is 0 Å². The Labute approximate surface area is 125 Å². The predicted octanol–water partition coefficient (Wildman–Crippen LogP) is 3.42. The standard InChI is InChI=1S/C13H15BrN4S/c14-11-6-2-1-5-10(11)12-15-13(19)18(16-12)9-17-7-3-4-8-17/h1-2,5-6H,3-4,7-9H2,(H,15,16,19). The molecule has 19 heavy (non-hydrogen) atoms. The number of nitrogens with zero attached hydrogens (tertiary/aromatic N) is 3. The van der Waals surface area contributed by atoms with Gasteiger partial charge in [0.25, 0.3) is 0 Å². The summed E-state index contributed by atoms with van der Waals surface area (Å²) in [6.07, 6.45) is 2.55. The Hall–Kier alpha value is -0.980. The lowest BCUT2D eigenvalue weighted by molar-refractivity contribution is 0.253. The highest BCUT2D eigenvalue weighted by molar-refractivity contribution is 9.10. The van der Waals surface area contributed by atoms with Gasteiger partial charge in [-0.2, -0.15) is 4.98 Å². The van der Waals surface area contributed by atoms with Gasteiger partial charge in [0.05, 0.1) is 6.67 Å². The molecule has 0 atom stereocenters. The number of H-pyrrole nitrogens is 1. The normalized spacial score (nSPS) is 16.1. The van der Waals surface area contributed by atoms with Crippen molar-refractivity contribution in [2.24, 2.45) is 0 Å². The SMILES string of the molecule is S=c1nc(-c2ccccc2Br)[nH]n1CN1CCCC1. The van der Waals surface area contributed by atoms with E-state index >= 15 is 0 Å². The lowest BCUT2D eigenvalue weighted by atomic mass is 10.2. The number of aromatic amines is 1. The van der Waals surface area contributed by atoms with Crippen LogP contribution < -0.4 is 0 Å². The molecule has 1 aromatic heterocycles. The van der Waals surface area contributed by atoms with E-state index in [1.54, 1.807) is 0 Å². The van der Waals surface area contributed by atoms with Crippen molar-refractivity contribution >= 4 is 28.1 Å². The quantitative estimate of drug-likeness (QED) is 0.871. The van der Waals surface area contributed by atoms with Crippen LogP contribution in [0, 0.1) is 4.77 Å². The molecule has 1 saturated heterocycles. The van der Waals surface area contributed by atoms with Gasteiger partial charge in [0.1, 0.15) is 0 Å². The van der Waals surface area contributed by atoms with E-state index < -0.39 is 0 Å². The maximum absolute atomic E-state index is 5.33. The highest BCUT2D eigenvalue weighted by Crippen LogP contribution is 2.25. The second-order valence-corrected chi connectivity index (χ2v) is 5.95. The summed E-state index contributed by atoms with van der Waals surface area (Å²) in [6, 6.07) is 8.02. The fourth-order valence-electron chi connectivity index (χ4n) is 2.35. The van der Waals surface area contributed by atoms with Crippen LogP contribution in [0.1, 0.15) is 12.8 Å². The zero-order valence-electron chi connectivity index (χ0n) is 10.5. The van der Waals surface area contributed by atoms with Crippen molar-refractivity contribution in [1.82, 2.24) is 19.7 Å². The lowest BCUT2D eigenvalue weighted by Gasteiger charge is -2.14. The maximum atomic E-state index is 5.33. The Morgan fingerprint density at radius 2 is 2.00 bits per heavy atom. The first-order valence-corrected chi connectivity index (χ1v) is 7.58. The molecule has 1 N–H and O–H groups in total. The Bertz CT molecular complexity index is 628. The maximum Gasteiger partial charge on any atom is 0.217 e. The number of rotatable bonds is 3. The third-order valence-corrected chi connectivity index (χ3v) is 4.35. The summed E-state index contributed by atoms with van der Waals surface area (Å²) >= 11 is 8.87. The molecule has 0 spiro atoms. The number of halogens is 1. The summed E-state index contributed by atoms with van der Waals surface area (Å²) < 4.78 is 3.57. The predicted molar refractivity (Wildman–Crippen MR) is 81.4 cm³/mol. The van der Waals surface area contributed by atoms with E-state index in [2.05, 4.69) is 30.9 Å². The van der Waals surface area contributed by atoms with Crippen LogP contribution in [0.15, 0.2) is 28.7 Å². The largest absolute Gasteiger partial charge is 0.284 e. The first kappa shape index (κ1) is 13.0. The average Bonchev–Trinajstić information content (AvgIpc) is 3.02. The summed E-state index contributed by atoms with van der Waals surface area (Å²) in [4.78, 5) is 6.84. The van der Waals surface area contributed by atoms with Gasteiger partial charge in [0.2, 0.25) is 4.77 Å². The number of aromatic nitrogens is 3. The molecule has 1 aliphatic rings. The van der Waals surface area contributed by atoms with Gasteiger partial charge in [-0.05, 0) is 44.2 Å². The summed E-state index contributed by atoms with van der Waals surface area (Å²) in [5.74, 6) is 0.816. The average molecular weight is 339 g/mol. The molecule has 1 aromatic carbocycles. The molecule has 2 heterocycles. The third-order valence-electron chi connectivity index (χ3n) is 3.35. The van der Waals surface area contributed by atoms with Gasteiger partial charge in [-0.25, -0.2) is 4.68 Å². The smallest absolute Gasteiger partial charge is 0.217 e. The van der Waals surface area contributed by atoms with Crippen molar-refractivity contribution < 1.29 is 0 Å². The van der Waals surface area contributed by atoms with E-state index in [4.69, 9.17) is 12.2 Å². The zero-order chi connectivity index (χ0) is 13.2. The van der Waals surface area contributed by atoms with Gasteiger partial charge in [-0.3, -0.25) is 10.00 Å². The number of hydrogen-bond acceptors (Lipinski definition) is 3. The van der Waals surface area contributed by atoms with Crippen LogP contribution in [0.25, 0.3) is 11.4 Å². The number of nitrogens with one attached hydrogen (secondary N) is 1. The first-order chi connectivity index (χ1) is 9.24. The molecular formula is C13H15BrN4S. The van der Waals surface area contributed by atoms with Crippen LogP contribution >= 0.6 is 28.1 Å². The van der Waals surface area contributed by atoms with E-state index in [1.807, 2.05) is 28.9 Å². The second-order valence-electron chi connectivity index (χ2n) is 4.73. The molecule has 1 aliphatic heterocycles. The number of benzene rings is 1. The van der Waals surface area contributed by atoms with Gasteiger partial charge in [0.15, 0.2) is 5.82 Å². The number of likely N-dealkylation sites (tertiary alicyclic amines) is 1. The fraction of sp³-hybridized carbons (Fsp3) is 0.385. The van der Waals surface area contributed by atoms with E-state index in [0.717, 1.165) is 35.6 Å². The molecule has 100 valence electrons. The molecule has 1 fully saturated rings. The molecule has 2 aromatic rings. The van der Waals surface area contributed by atoms with E-state index in [-0.39, 0.29) is 0 Å². The van der Waals surface area contributed by atoms with E-state index in [1.165, 1.54) is 12.8 Å². The van der Waals surface area contributed by atoms with E-state index in [9.17, 15) is 0 Å². The summed E-state index contributed by atoms with van der Waals surface area (Å²) in [7, 11) is 0. The molecular weight excluding hydrogens is 324 g/mol. The highest BCUT2D eigenvalue weighted by Gasteiger charge is 2.14. The van der Waals surface area contributed by atoms with Crippen molar-refractivity contribution in [3.8, 4) is 11.4 Å². The minimum atomic E-state index is 0.609. The molecule has 3 rings (SSSR count). The molecule has 0 saturated carbocycles. The summed E-state index contributed by atoms with van der Waals surface area (Å²) in [5.41, 5.74) is 1.04. The molecule has 0 bridgehead atoms. The third kappa shape index (κ3) is 2.80. The van der Waals surface area contributed by atoms with Crippen molar-refractivity contribution in [3.05, 3.63) is 33.5 Å². The van der Waals surface area contributed by atoms with Crippen LogP contribution in [0.5, 0.6) is 0 Å². The van der Waals surface area contributed by atoms with Gasteiger partial charge < -0.3 is 0 Å². The molecule has 0 radical (unpaired) electrons. The number of hydrogen-bond donors (Lipinski definition) is 1. The van der Waals surface area contributed by atoms with Crippen molar-refractivity contribution in [2.45, 2.75) is 19.5 Å². The van der Waals surface area contributed by atoms with Gasteiger partial charge >= 0.3 is 0 Å². The molecule has 4 nitrogen and oxygen atoms in total. The monoisotopic (exact) mass is 338 g/mol. The lowest BCUT2D eigenvalue weighted by Crippen LogP contribution is -2.23. The molecule has 0 unspecified atom stereocenters. The van der Waals surface area contributed by atoms with Crippen LogP contribution in [-0.4, -0.2) is 32.8 Å². The van der Waals surface area contributed by atoms with Crippen molar-refractivity contribution in [2.75, 3.05) is 13.1 Å². The topological polar surface area (TPSA) is 36.9 Å². The van der Waals surface area contributed by atoms with Gasteiger partial charge in [-0.1, -0.05) is 34.1 Å². The minimum absolute atomic E-state index is 0.609. The minimum Gasteiger partial charge on any atom is -0.284 e. The van der Waals surface area contributed by atoms with Crippen LogP contribution in [-0.2, 0) is 6.67 Å². The summed E-state index contributed by atoms with van der Waals surface area (Å²) in [6.45, 7) is 3.09. The van der Waals surface area contributed by atoms with Crippen LogP contribution in [0.3, 0.4) is 0 Å². The first-order valence-electron chi connectivity index (χ1n) is 6.38. The van der Waals surface area contributed by atoms with Gasteiger partial charge in [0, 0.05) is 10.0 Å². The van der Waals surface area contributed by atoms with Crippen molar-refractivity contribution in [3.63, 3.8) is 0 Å². The van der Waals surface area contributed by atoms with Crippen LogP contribution in [0.4, 0.5) is 0 Å². The molecule has 0 amide bonds. The Morgan fingerprint density at radius 3 is 2.74 bits per heavy atom. The fourth-order valence-corrected chi connectivity index (χ4v) is 3.02. The van der Waals surface area contributed by atoms with Crippen LogP contribution in [0.2, 0.25) is 0 Å². The highest BCUT2D eigenvalue weighted by atomic mass is 79.9. The zero-order valence-corrected chi connectivity index (χ0v) is 12.9. The Balaban J connectivity index is 1.89. The second kappa shape index (κ2) is 5.56. The molecule has 0 aliphatic carbocycles. The summed E-state index contributed by atoms with van der Waals surface area (Å²) in [5, 5.41) is 3.30. The molecule has 6 heteroatoms.